The summed E-state index contributed by atoms with van der Waals surface area (Å²) >= 11 is 1.72. The fraction of sp³-hybridized carbons (Fsp3) is 0.182. The number of hydrogen-bond acceptors (Lipinski definition) is 2. The molecule has 0 aromatic carbocycles. The quantitative estimate of drug-likeness (QED) is 0.653. The summed E-state index contributed by atoms with van der Waals surface area (Å²) in [5.41, 5.74) is 0.771. The highest BCUT2D eigenvalue weighted by molar-refractivity contribution is 8.03. The van der Waals surface area contributed by atoms with E-state index >= 15 is 0 Å². The average molecular weight is 205 g/mol. The number of allylic oxidation sites excluding steroid dienone is 5. The molecule has 2 aliphatic rings. The van der Waals surface area contributed by atoms with Crippen molar-refractivity contribution in [3.63, 3.8) is 0 Å². The standard InChI is InChI=1S/C11H11NOS/c13-11-9-5-3-1-2-4-6-10(9)14-8-7-12-11/h1-6H,7-8H2,(H,12,13). The highest BCUT2D eigenvalue weighted by Gasteiger charge is 2.14. The Hall–Kier alpha value is -1.22. The largest absolute Gasteiger partial charge is 0.351 e. The van der Waals surface area contributed by atoms with Gasteiger partial charge >= 0.3 is 0 Å². The Morgan fingerprint density at radius 2 is 1.93 bits per heavy atom. The first-order valence-corrected chi connectivity index (χ1v) is 5.53. The zero-order valence-corrected chi connectivity index (χ0v) is 8.51. The van der Waals surface area contributed by atoms with Gasteiger partial charge in [0.15, 0.2) is 0 Å². The topological polar surface area (TPSA) is 29.1 Å². The van der Waals surface area contributed by atoms with Gasteiger partial charge in [-0.05, 0) is 12.2 Å². The van der Waals surface area contributed by atoms with Gasteiger partial charge in [0.2, 0.25) is 0 Å². The molecule has 0 saturated heterocycles. The van der Waals surface area contributed by atoms with Gasteiger partial charge in [0.05, 0.1) is 5.57 Å². The van der Waals surface area contributed by atoms with Crippen LogP contribution in [0.5, 0.6) is 0 Å². The molecule has 0 unspecified atom stereocenters. The molecule has 14 heavy (non-hydrogen) atoms. The lowest BCUT2D eigenvalue weighted by atomic mass is 10.1. The molecule has 1 heterocycles. The summed E-state index contributed by atoms with van der Waals surface area (Å²) in [5, 5.41) is 2.87. The van der Waals surface area contributed by atoms with Crippen molar-refractivity contribution in [2.24, 2.45) is 0 Å². The van der Waals surface area contributed by atoms with Crippen LogP contribution in [0, 0.1) is 0 Å². The maximum atomic E-state index is 11.6. The van der Waals surface area contributed by atoms with Gasteiger partial charge in [-0.25, -0.2) is 0 Å². The minimum absolute atomic E-state index is 0.0289. The first-order chi connectivity index (χ1) is 6.88. The van der Waals surface area contributed by atoms with Crippen LogP contribution in [0.15, 0.2) is 46.9 Å². The van der Waals surface area contributed by atoms with Crippen molar-refractivity contribution in [1.29, 1.82) is 0 Å². The normalized spacial score (nSPS) is 21.0. The van der Waals surface area contributed by atoms with Gasteiger partial charge in [-0.3, -0.25) is 4.79 Å². The third kappa shape index (κ3) is 1.99. The second-order valence-corrected chi connectivity index (χ2v) is 4.12. The summed E-state index contributed by atoms with van der Waals surface area (Å²) < 4.78 is 0. The Morgan fingerprint density at radius 1 is 1.14 bits per heavy atom. The molecule has 1 aliphatic carbocycles. The average Bonchev–Trinajstić information content (AvgIpc) is 2.28. The van der Waals surface area contributed by atoms with E-state index in [0.29, 0.717) is 0 Å². The van der Waals surface area contributed by atoms with E-state index in [1.165, 1.54) is 0 Å². The molecule has 1 N–H and O–H groups in total. The van der Waals surface area contributed by atoms with Crippen molar-refractivity contribution in [3.05, 3.63) is 46.9 Å². The van der Waals surface area contributed by atoms with Crippen LogP contribution in [0.3, 0.4) is 0 Å². The van der Waals surface area contributed by atoms with E-state index in [1.807, 2.05) is 36.5 Å². The van der Waals surface area contributed by atoms with Crippen LogP contribution in [0.1, 0.15) is 0 Å². The van der Waals surface area contributed by atoms with Crippen LogP contribution < -0.4 is 5.32 Å². The molecule has 0 aromatic rings. The first kappa shape index (κ1) is 9.34. The Bertz CT molecular complexity index is 363. The number of amides is 1. The maximum absolute atomic E-state index is 11.6. The number of hydrogen-bond donors (Lipinski definition) is 1. The number of carbonyl (C=O) groups excluding carboxylic acids is 1. The number of rotatable bonds is 0. The van der Waals surface area contributed by atoms with Gasteiger partial charge in [0, 0.05) is 17.2 Å². The molecule has 72 valence electrons. The summed E-state index contributed by atoms with van der Waals surface area (Å²) in [4.78, 5) is 12.7. The summed E-state index contributed by atoms with van der Waals surface area (Å²) in [6, 6.07) is 0. The van der Waals surface area contributed by atoms with E-state index in [1.54, 1.807) is 11.8 Å². The smallest absolute Gasteiger partial charge is 0.252 e. The lowest BCUT2D eigenvalue weighted by molar-refractivity contribution is -0.117. The minimum Gasteiger partial charge on any atom is -0.351 e. The van der Waals surface area contributed by atoms with Crippen LogP contribution in [-0.2, 0) is 4.79 Å². The molecular formula is C11H11NOS. The Morgan fingerprint density at radius 3 is 2.79 bits per heavy atom. The lowest BCUT2D eigenvalue weighted by Gasteiger charge is -2.03. The van der Waals surface area contributed by atoms with E-state index in [9.17, 15) is 4.79 Å². The molecule has 2 rings (SSSR count). The number of nitrogens with one attached hydrogen (secondary N) is 1. The van der Waals surface area contributed by atoms with Gasteiger partial charge in [-0.1, -0.05) is 24.3 Å². The Balaban J connectivity index is 2.40. The molecule has 0 saturated carbocycles. The monoisotopic (exact) mass is 205 g/mol. The molecule has 2 nitrogen and oxygen atoms in total. The molecular weight excluding hydrogens is 194 g/mol. The Labute approximate surface area is 87.5 Å². The van der Waals surface area contributed by atoms with Crippen molar-refractivity contribution in [2.75, 3.05) is 12.3 Å². The molecule has 1 aliphatic heterocycles. The molecule has 1 amide bonds. The van der Waals surface area contributed by atoms with Crippen LogP contribution in [0.2, 0.25) is 0 Å². The van der Waals surface area contributed by atoms with E-state index in [0.717, 1.165) is 22.8 Å². The van der Waals surface area contributed by atoms with E-state index in [2.05, 4.69) is 5.32 Å². The molecule has 0 spiro atoms. The van der Waals surface area contributed by atoms with Gasteiger partial charge in [-0.2, -0.15) is 0 Å². The molecule has 0 atom stereocenters. The van der Waals surface area contributed by atoms with Gasteiger partial charge in [-0.15, -0.1) is 11.8 Å². The first-order valence-electron chi connectivity index (χ1n) is 4.54. The second-order valence-electron chi connectivity index (χ2n) is 2.99. The molecule has 3 heteroatoms. The molecule has 0 fully saturated rings. The second kappa shape index (κ2) is 4.33. The van der Waals surface area contributed by atoms with Gasteiger partial charge in [0.25, 0.3) is 5.91 Å². The van der Waals surface area contributed by atoms with Crippen LogP contribution in [0.25, 0.3) is 0 Å². The summed E-state index contributed by atoms with van der Waals surface area (Å²) in [7, 11) is 0. The van der Waals surface area contributed by atoms with Crippen molar-refractivity contribution in [3.8, 4) is 0 Å². The highest BCUT2D eigenvalue weighted by atomic mass is 32.2. The molecule has 0 bridgehead atoms. The summed E-state index contributed by atoms with van der Waals surface area (Å²) in [6.07, 6.45) is 11.6. The van der Waals surface area contributed by atoms with E-state index in [4.69, 9.17) is 0 Å². The van der Waals surface area contributed by atoms with Crippen molar-refractivity contribution >= 4 is 17.7 Å². The highest BCUT2D eigenvalue weighted by Crippen LogP contribution is 2.25. The zero-order valence-electron chi connectivity index (χ0n) is 7.69. The Kier molecular flexibility index (Phi) is 2.89. The third-order valence-corrected chi connectivity index (χ3v) is 3.07. The maximum Gasteiger partial charge on any atom is 0.252 e. The summed E-state index contributed by atoms with van der Waals surface area (Å²) in [6.45, 7) is 0.742. The van der Waals surface area contributed by atoms with Crippen molar-refractivity contribution < 1.29 is 4.79 Å². The number of carbonyl (C=O) groups is 1. The fourth-order valence-corrected chi connectivity index (χ4v) is 2.24. The lowest BCUT2D eigenvalue weighted by Crippen LogP contribution is -2.25. The summed E-state index contributed by atoms with van der Waals surface area (Å²) in [5.74, 6) is 0.966. The van der Waals surface area contributed by atoms with Crippen LogP contribution in [-0.4, -0.2) is 18.2 Å². The number of thioether (sulfide) groups is 1. The van der Waals surface area contributed by atoms with Crippen LogP contribution >= 0.6 is 11.8 Å². The van der Waals surface area contributed by atoms with E-state index < -0.39 is 0 Å². The SMILES string of the molecule is O=C1NCCSC2=C1C=CC=CC=C2. The van der Waals surface area contributed by atoms with Crippen molar-refractivity contribution in [1.82, 2.24) is 5.32 Å². The van der Waals surface area contributed by atoms with Crippen LogP contribution in [0.4, 0.5) is 0 Å². The van der Waals surface area contributed by atoms with Gasteiger partial charge in [0.1, 0.15) is 0 Å². The van der Waals surface area contributed by atoms with Crippen molar-refractivity contribution in [2.45, 2.75) is 0 Å². The minimum atomic E-state index is 0.0289. The predicted octanol–water partition coefficient (Wildman–Crippen LogP) is 1.79. The molecule has 0 aromatic heterocycles. The fourth-order valence-electron chi connectivity index (χ4n) is 1.33. The van der Waals surface area contributed by atoms with E-state index in [-0.39, 0.29) is 5.91 Å². The molecule has 0 radical (unpaired) electrons. The predicted molar refractivity (Wildman–Crippen MR) is 59.9 cm³/mol. The zero-order chi connectivity index (χ0) is 9.80. The third-order valence-electron chi connectivity index (χ3n) is 2.00. The van der Waals surface area contributed by atoms with Gasteiger partial charge < -0.3 is 5.32 Å².